The molecule has 2 aromatic rings. The second kappa shape index (κ2) is 9.43. The molecule has 5 heteroatoms. The number of methoxy groups -OCH3 is 1. The number of benzene rings is 2. The molecule has 0 aliphatic carbocycles. The van der Waals surface area contributed by atoms with Crippen LogP contribution in [0, 0.1) is 6.92 Å². The van der Waals surface area contributed by atoms with Gasteiger partial charge in [-0.05, 0) is 73.3 Å². The van der Waals surface area contributed by atoms with Gasteiger partial charge in [-0.1, -0.05) is 12.1 Å². The van der Waals surface area contributed by atoms with Crippen LogP contribution in [0.3, 0.4) is 0 Å². The number of ether oxygens (including phenoxy) is 1. The first-order valence-electron chi connectivity index (χ1n) is 7.56. The van der Waals surface area contributed by atoms with Crippen LogP contribution in [0.5, 0.6) is 5.75 Å². The lowest BCUT2D eigenvalue weighted by atomic mass is 10.2. The molecule has 2 aromatic carbocycles. The number of rotatable bonds is 7. The van der Waals surface area contributed by atoms with Gasteiger partial charge in [-0.25, -0.2) is 0 Å². The zero-order valence-electron chi connectivity index (χ0n) is 13.5. The fourth-order valence-corrected chi connectivity index (χ4v) is 3.11. The fraction of sp³-hybridized carbons (Fsp3) is 0.278. The molecule has 0 aliphatic heterocycles. The molecule has 3 nitrogen and oxygen atoms in total. The van der Waals surface area contributed by atoms with Gasteiger partial charge >= 0.3 is 0 Å². The number of nitrogens with one attached hydrogen (secondary N) is 2. The summed E-state index contributed by atoms with van der Waals surface area (Å²) in [4.78, 5) is 1.26. The number of hydrogen-bond donors (Lipinski definition) is 2. The van der Waals surface area contributed by atoms with E-state index in [1.165, 1.54) is 10.5 Å². The molecule has 0 radical (unpaired) electrons. The predicted octanol–water partition coefficient (Wildman–Crippen LogP) is 4.47. The molecule has 0 spiro atoms. The van der Waals surface area contributed by atoms with Gasteiger partial charge in [0, 0.05) is 17.1 Å². The number of thioether (sulfide) groups is 1. The van der Waals surface area contributed by atoms with Crippen LogP contribution in [0.15, 0.2) is 53.4 Å². The van der Waals surface area contributed by atoms with Crippen molar-refractivity contribution >= 4 is 34.8 Å². The van der Waals surface area contributed by atoms with E-state index < -0.39 is 0 Å². The van der Waals surface area contributed by atoms with Crippen molar-refractivity contribution in [1.82, 2.24) is 5.32 Å². The Morgan fingerprint density at radius 1 is 1.17 bits per heavy atom. The first kappa shape index (κ1) is 17.6. The lowest BCUT2D eigenvalue weighted by Gasteiger charge is -2.11. The Morgan fingerprint density at radius 3 is 2.65 bits per heavy atom. The van der Waals surface area contributed by atoms with Gasteiger partial charge in [-0.15, -0.1) is 11.8 Å². The van der Waals surface area contributed by atoms with Crippen LogP contribution in [0.4, 0.5) is 5.69 Å². The quantitative estimate of drug-likeness (QED) is 0.439. The van der Waals surface area contributed by atoms with E-state index in [-0.39, 0.29) is 0 Å². The van der Waals surface area contributed by atoms with Crippen molar-refractivity contribution in [3.63, 3.8) is 0 Å². The maximum Gasteiger partial charge on any atom is 0.170 e. The standard InChI is InChI=1S/C18H22N2OS2/c1-14-5-3-6-15(13-14)20-18(22)19-11-4-12-23-17-9-7-16(21-2)8-10-17/h3,5-10,13H,4,11-12H2,1-2H3,(H2,19,20,22). The number of anilines is 1. The molecule has 0 saturated carbocycles. The highest BCUT2D eigenvalue weighted by atomic mass is 32.2. The third-order valence-electron chi connectivity index (χ3n) is 3.21. The SMILES string of the molecule is COc1ccc(SCCCNC(=S)Nc2cccc(C)c2)cc1. The first-order chi connectivity index (χ1) is 11.2. The molecule has 23 heavy (non-hydrogen) atoms. The van der Waals surface area contributed by atoms with Crippen molar-refractivity contribution in [3.05, 3.63) is 54.1 Å². The molecule has 2 rings (SSSR count). The van der Waals surface area contributed by atoms with E-state index in [9.17, 15) is 0 Å². The van der Waals surface area contributed by atoms with Crippen molar-refractivity contribution in [2.75, 3.05) is 24.7 Å². The van der Waals surface area contributed by atoms with Gasteiger partial charge in [0.05, 0.1) is 7.11 Å². The molecule has 0 amide bonds. The summed E-state index contributed by atoms with van der Waals surface area (Å²) in [7, 11) is 1.68. The summed E-state index contributed by atoms with van der Waals surface area (Å²) in [6.45, 7) is 2.93. The Labute approximate surface area is 147 Å². The van der Waals surface area contributed by atoms with E-state index >= 15 is 0 Å². The lowest BCUT2D eigenvalue weighted by Crippen LogP contribution is -2.29. The minimum atomic E-state index is 0.671. The van der Waals surface area contributed by atoms with Crippen molar-refractivity contribution < 1.29 is 4.74 Å². The van der Waals surface area contributed by atoms with Gasteiger partial charge in [-0.2, -0.15) is 0 Å². The zero-order chi connectivity index (χ0) is 16.5. The molecular weight excluding hydrogens is 324 g/mol. The molecule has 0 saturated heterocycles. The van der Waals surface area contributed by atoms with E-state index in [4.69, 9.17) is 17.0 Å². The minimum Gasteiger partial charge on any atom is -0.497 e. The summed E-state index contributed by atoms with van der Waals surface area (Å²) in [5.41, 5.74) is 2.24. The molecule has 0 atom stereocenters. The lowest BCUT2D eigenvalue weighted by molar-refractivity contribution is 0.414. The summed E-state index contributed by atoms with van der Waals surface area (Å²) < 4.78 is 5.15. The smallest absolute Gasteiger partial charge is 0.170 e. The number of thiocarbonyl (C=S) groups is 1. The molecule has 0 fully saturated rings. The van der Waals surface area contributed by atoms with Crippen molar-refractivity contribution in [1.29, 1.82) is 0 Å². The summed E-state index contributed by atoms with van der Waals surface area (Å²) in [6.07, 6.45) is 1.05. The summed E-state index contributed by atoms with van der Waals surface area (Å²) in [5, 5.41) is 7.12. The highest BCUT2D eigenvalue weighted by Gasteiger charge is 1.99. The van der Waals surface area contributed by atoms with Gasteiger partial charge in [-0.3, -0.25) is 0 Å². The average molecular weight is 347 g/mol. The third-order valence-corrected chi connectivity index (χ3v) is 4.56. The van der Waals surface area contributed by atoms with Crippen molar-refractivity contribution in [2.24, 2.45) is 0 Å². The van der Waals surface area contributed by atoms with Crippen LogP contribution in [-0.4, -0.2) is 24.5 Å². The number of hydrogen-bond acceptors (Lipinski definition) is 3. The van der Waals surface area contributed by atoms with Crippen LogP contribution in [0.1, 0.15) is 12.0 Å². The molecule has 0 aromatic heterocycles. The molecule has 0 aliphatic rings. The normalized spacial score (nSPS) is 10.2. The molecular formula is C18H22N2OS2. The van der Waals surface area contributed by atoms with Crippen LogP contribution in [0.2, 0.25) is 0 Å². The third kappa shape index (κ3) is 6.50. The Bertz CT molecular complexity index is 629. The zero-order valence-corrected chi connectivity index (χ0v) is 15.1. The Balaban J connectivity index is 1.62. The highest BCUT2D eigenvalue weighted by Crippen LogP contribution is 2.21. The summed E-state index contributed by atoms with van der Waals surface area (Å²) in [6, 6.07) is 16.3. The second-order valence-electron chi connectivity index (χ2n) is 5.13. The predicted molar refractivity (Wildman–Crippen MR) is 104 cm³/mol. The van der Waals surface area contributed by atoms with Crippen LogP contribution in [-0.2, 0) is 0 Å². The van der Waals surface area contributed by atoms with Crippen molar-refractivity contribution in [3.8, 4) is 5.75 Å². The molecule has 122 valence electrons. The fourth-order valence-electron chi connectivity index (χ4n) is 2.03. The van der Waals surface area contributed by atoms with Crippen LogP contribution >= 0.6 is 24.0 Å². The largest absolute Gasteiger partial charge is 0.497 e. The highest BCUT2D eigenvalue weighted by molar-refractivity contribution is 7.99. The number of aryl methyl sites for hydroxylation is 1. The monoisotopic (exact) mass is 346 g/mol. The van der Waals surface area contributed by atoms with E-state index in [0.29, 0.717) is 5.11 Å². The second-order valence-corrected chi connectivity index (χ2v) is 6.70. The Morgan fingerprint density at radius 2 is 1.96 bits per heavy atom. The van der Waals surface area contributed by atoms with Crippen LogP contribution in [0.25, 0.3) is 0 Å². The average Bonchev–Trinajstić information content (AvgIpc) is 2.55. The first-order valence-corrected chi connectivity index (χ1v) is 8.95. The molecule has 2 N–H and O–H groups in total. The van der Waals surface area contributed by atoms with Gasteiger partial charge in [0.1, 0.15) is 5.75 Å². The maximum atomic E-state index is 5.31. The van der Waals surface area contributed by atoms with Crippen LogP contribution < -0.4 is 15.4 Å². The van der Waals surface area contributed by atoms with E-state index in [2.05, 4.69) is 41.8 Å². The summed E-state index contributed by atoms with van der Waals surface area (Å²) in [5.74, 6) is 1.94. The summed E-state index contributed by atoms with van der Waals surface area (Å²) >= 11 is 7.15. The van der Waals surface area contributed by atoms with Crippen molar-refractivity contribution in [2.45, 2.75) is 18.2 Å². The Hall–Kier alpha value is -1.72. The van der Waals surface area contributed by atoms with Gasteiger partial charge in [0.15, 0.2) is 5.11 Å². The van der Waals surface area contributed by atoms with E-state index in [1.54, 1.807) is 7.11 Å². The van der Waals surface area contributed by atoms with Gasteiger partial charge in [0.2, 0.25) is 0 Å². The maximum absolute atomic E-state index is 5.31. The molecule has 0 bridgehead atoms. The Kier molecular flexibility index (Phi) is 7.23. The topological polar surface area (TPSA) is 33.3 Å². The van der Waals surface area contributed by atoms with E-state index in [1.807, 2.05) is 36.0 Å². The molecule has 0 unspecified atom stereocenters. The van der Waals surface area contributed by atoms with E-state index in [0.717, 1.165) is 30.2 Å². The van der Waals surface area contributed by atoms with Gasteiger partial charge in [0.25, 0.3) is 0 Å². The van der Waals surface area contributed by atoms with Gasteiger partial charge < -0.3 is 15.4 Å². The molecule has 0 heterocycles. The minimum absolute atomic E-state index is 0.671.